The Bertz CT molecular complexity index is 1380. The van der Waals surface area contributed by atoms with Gasteiger partial charge in [-0.15, -0.1) is 0 Å². The summed E-state index contributed by atoms with van der Waals surface area (Å²) in [5, 5.41) is 7.07. The van der Waals surface area contributed by atoms with Gasteiger partial charge in [-0.05, 0) is 61.4 Å². The number of amides is 2. The van der Waals surface area contributed by atoms with E-state index in [9.17, 15) is 9.59 Å². The number of nitrogens with two attached hydrogens (primary N) is 1. The molecule has 4 aliphatic rings. The van der Waals surface area contributed by atoms with Gasteiger partial charge in [-0.25, -0.2) is 4.98 Å². The minimum absolute atomic E-state index is 0.146. The van der Waals surface area contributed by atoms with Gasteiger partial charge in [-0.3, -0.25) is 14.5 Å². The summed E-state index contributed by atoms with van der Waals surface area (Å²) in [7, 11) is 3.74. The van der Waals surface area contributed by atoms with E-state index in [0.29, 0.717) is 29.1 Å². The van der Waals surface area contributed by atoms with Gasteiger partial charge < -0.3 is 30.9 Å². The van der Waals surface area contributed by atoms with Gasteiger partial charge in [-0.2, -0.15) is 4.98 Å². The summed E-state index contributed by atoms with van der Waals surface area (Å²) >= 11 is 6.48. The van der Waals surface area contributed by atoms with Crippen LogP contribution < -0.4 is 21.1 Å². The van der Waals surface area contributed by atoms with Crippen molar-refractivity contribution in [1.29, 1.82) is 0 Å². The number of hydrogen-bond acceptors (Lipinski definition) is 9. The molecule has 12 heteroatoms. The highest BCUT2D eigenvalue weighted by Gasteiger charge is 2.47. The molecular weight excluding hydrogens is 556 g/mol. The number of piperazine rings is 1. The van der Waals surface area contributed by atoms with E-state index in [0.717, 1.165) is 64.2 Å². The minimum atomic E-state index is -0.315. The second kappa shape index (κ2) is 12.1. The molecule has 2 aliphatic heterocycles. The molecule has 4 atom stereocenters. The molecule has 224 valence electrons. The SMILES string of the molecule is COc1cc2c(cc1Nc1ncc(Cl)c(N[C@H]3[C@@H](C(N)=O)[C@@H]4C=C[C@H]3C4)n1)CCN(CC(=O)N1CCN(C)CC1)CC2. The number of primary amides is 1. The molecule has 2 aliphatic carbocycles. The molecule has 6 rings (SSSR count). The maximum atomic E-state index is 12.9. The van der Waals surface area contributed by atoms with E-state index in [2.05, 4.69) is 61.7 Å². The summed E-state index contributed by atoms with van der Waals surface area (Å²) in [5.41, 5.74) is 8.92. The molecule has 1 saturated carbocycles. The van der Waals surface area contributed by atoms with Crippen molar-refractivity contribution in [2.45, 2.75) is 25.3 Å². The highest BCUT2D eigenvalue weighted by Crippen LogP contribution is 2.45. The van der Waals surface area contributed by atoms with Crippen LogP contribution in [0, 0.1) is 17.8 Å². The number of allylic oxidation sites excluding steroid dienone is 1. The monoisotopic (exact) mass is 594 g/mol. The highest BCUT2D eigenvalue weighted by atomic mass is 35.5. The maximum absolute atomic E-state index is 12.9. The molecule has 0 unspecified atom stereocenters. The zero-order chi connectivity index (χ0) is 29.4. The number of ether oxygens (including phenoxy) is 1. The Balaban J connectivity index is 1.14. The third-order valence-corrected chi connectivity index (χ3v) is 9.49. The average Bonchev–Trinajstić information content (AvgIpc) is 3.53. The van der Waals surface area contributed by atoms with Crippen molar-refractivity contribution in [2.24, 2.45) is 23.5 Å². The van der Waals surface area contributed by atoms with Crippen molar-refractivity contribution >= 4 is 40.9 Å². The van der Waals surface area contributed by atoms with Crippen LogP contribution >= 0.6 is 11.6 Å². The standard InChI is InChI=1S/C30H39ClN8O3/c1-37-9-11-39(12-10-37)25(40)17-38-7-5-18-14-23(24(42-2)15-19(18)6-8-38)34-30-33-16-22(31)29(36-30)35-27-21-4-3-20(13-21)26(27)28(32)41/h3-4,14-16,20-21,26-27H,5-13,17H2,1-2H3,(H2,32,41)(H2,33,34,35,36)/t20-,21+,26+,27-/m1/s1. The fourth-order valence-electron chi connectivity index (χ4n) is 6.79. The predicted octanol–water partition coefficient (Wildman–Crippen LogP) is 2.14. The van der Waals surface area contributed by atoms with E-state index >= 15 is 0 Å². The molecule has 4 N–H and O–H groups in total. The van der Waals surface area contributed by atoms with E-state index in [1.165, 1.54) is 11.1 Å². The van der Waals surface area contributed by atoms with Crippen molar-refractivity contribution in [3.05, 3.63) is 46.6 Å². The van der Waals surface area contributed by atoms with Crippen LogP contribution in [-0.2, 0) is 22.4 Å². The first-order chi connectivity index (χ1) is 20.3. The number of rotatable bonds is 8. The number of carbonyl (C=O) groups is 2. The normalized spacial score (nSPS) is 25.6. The van der Waals surface area contributed by atoms with Crippen LogP contribution in [0.4, 0.5) is 17.5 Å². The van der Waals surface area contributed by atoms with Gasteiger partial charge in [0.05, 0.1) is 31.5 Å². The first-order valence-corrected chi connectivity index (χ1v) is 15.1. The molecule has 2 aromatic rings. The Morgan fingerprint density at radius 1 is 1.07 bits per heavy atom. The predicted molar refractivity (Wildman–Crippen MR) is 162 cm³/mol. The van der Waals surface area contributed by atoms with Gasteiger partial charge in [-0.1, -0.05) is 23.8 Å². The van der Waals surface area contributed by atoms with Crippen LogP contribution in [0.1, 0.15) is 17.5 Å². The van der Waals surface area contributed by atoms with Gasteiger partial charge in [0.15, 0.2) is 5.82 Å². The number of methoxy groups -OCH3 is 1. The van der Waals surface area contributed by atoms with Crippen LogP contribution in [0.2, 0.25) is 5.02 Å². The molecule has 0 radical (unpaired) electrons. The molecular formula is C30H39ClN8O3. The van der Waals surface area contributed by atoms with E-state index < -0.39 is 0 Å². The molecule has 3 heterocycles. The third kappa shape index (κ3) is 5.91. The number of benzene rings is 1. The Kier molecular flexibility index (Phi) is 8.24. The molecule has 1 aromatic heterocycles. The lowest BCUT2D eigenvalue weighted by Crippen LogP contribution is -2.50. The fourth-order valence-corrected chi connectivity index (χ4v) is 6.93. The van der Waals surface area contributed by atoms with Crippen LogP contribution in [0.3, 0.4) is 0 Å². The van der Waals surface area contributed by atoms with E-state index in [4.69, 9.17) is 22.1 Å². The van der Waals surface area contributed by atoms with Crippen LogP contribution in [0.25, 0.3) is 0 Å². The van der Waals surface area contributed by atoms with Crippen molar-refractivity contribution in [1.82, 2.24) is 24.7 Å². The number of nitrogens with one attached hydrogen (secondary N) is 2. The van der Waals surface area contributed by atoms with Crippen LogP contribution in [0.5, 0.6) is 5.75 Å². The summed E-state index contributed by atoms with van der Waals surface area (Å²) in [6, 6.07) is 4.00. The molecule has 2 amide bonds. The zero-order valence-electron chi connectivity index (χ0n) is 24.2. The number of fused-ring (bicyclic) bond motifs is 3. The first-order valence-electron chi connectivity index (χ1n) is 14.7. The summed E-state index contributed by atoms with van der Waals surface area (Å²) in [6.45, 7) is 5.52. The lowest BCUT2D eigenvalue weighted by atomic mass is 9.88. The summed E-state index contributed by atoms with van der Waals surface area (Å²) in [4.78, 5) is 40.7. The summed E-state index contributed by atoms with van der Waals surface area (Å²) in [6.07, 6.45) is 8.33. The number of hydrogen-bond donors (Lipinski definition) is 3. The molecule has 1 aromatic carbocycles. The maximum Gasteiger partial charge on any atom is 0.236 e. The van der Waals surface area contributed by atoms with Crippen LogP contribution in [0.15, 0.2) is 30.5 Å². The quantitative estimate of drug-likeness (QED) is 0.394. The smallest absolute Gasteiger partial charge is 0.236 e. The highest BCUT2D eigenvalue weighted by molar-refractivity contribution is 6.32. The zero-order valence-corrected chi connectivity index (χ0v) is 24.9. The number of likely N-dealkylation sites (N-methyl/N-ethyl adjacent to an activating group) is 1. The van der Waals surface area contributed by atoms with Gasteiger partial charge in [0.25, 0.3) is 0 Å². The second-order valence-electron chi connectivity index (χ2n) is 11.8. The number of anilines is 3. The lowest BCUT2D eigenvalue weighted by Gasteiger charge is -2.33. The molecule has 1 saturated heterocycles. The minimum Gasteiger partial charge on any atom is -0.495 e. The topological polar surface area (TPSA) is 129 Å². The van der Waals surface area contributed by atoms with Crippen LogP contribution in [-0.4, -0.2) is 102 Å². The fraction of sp³-hybridized carbons (Fsp3) is 0.533. The Hall–Kier alpha value is -3.41. The van der Waals surface area contributed by atoms with Gasteiger partial charge in [0.1, 0.15) is 10.8 Å². The van der Waals surface area contributed by atoms with Gasteiger partial charge >= 0.3 is 0 Å². The Morgan fingerprint density at radius 2 is 1.79 bits per heavy atom. The number of nitrogens with zero attached hydrogens (tertiary/aromatic N) is 5. The Labute approximate surface area is 251 Å². The first kappa shape index (κ1) is 28.7. The molecule has 2 bridgehead atoms. The number of aromatic nitrogens is 2. The van der Waals surface area contributed by atoms with E-state index in [1.807, 2.05) is 4.90 Å². The molecule has 0 spiro atoms. The largest absolute Gasteiger partial charge is 0.495 e. The van der Waals surface area contributed by atoms with Gasteiger partial charge in [0.2, 0.25) is 17.8 Å². The molecule has 42 heavy (non-hydrogen) atoms. The molecule has 2 fully saturated rings. The third-order valence-electron chi connectivity index (χ3n) is 9.21. The second-order valence-corrected chi connectivity index (χ2v) is 12.3. The molecule has 11 nitrogen and oxygen atoms in total. The summed E-state index contributed by atoms with van der Waals surface area (Å²) < 4.78 is 5.74. The van der Waals surface area contributed by atoms with Crippen molar-refractivity contribution in [3.63, 3.8) is 0 Å². The van der Waals surface area contributed by atoms with Crippen molar-refractivity contribution in [3.8, 4) is 5.75 Å². The van der Waals surface area contributed by atoms with Crippen molar-refractivity contribution < 1.29 is 14.3 Å². The van der Waals surface area contributed by atoms with E-state index in [1.54, 1.807) is 13.3 Å². The number of carbonyl (C=O) groups excluding carboxylic acids is 2. The average molecular weight is 595 g/mol. The number of halogens is 1. The van der Waals surface area contributed by atoms with E-state index in [-0.39, 0.29) is 35.6 Å². The summed E-state index contributed by atoms with van der Waals surface area (Å²) in [5.74, 6) is 1.46. The van der Waals surface area contributed by atoms with Gasteiger partial charge in [0, 0.05) is 45.3 Å². The van der Waals surface area contributed by atoms with Crippen molar-refractivity contribution in [2.75, 3.05) is 70.6 Å². The Morgan fingerprint density at radius 3 is 2.50 bits per heavy atom. The lowest BCUT2D eigenvalue weighted by molar-refractivity contribution is -0.134.